The monoisotopic (exact) mass is 314 g/mol. The van der Waals surface area contributed by atoms with Crippen LogP contribution < -0.4 is 10.9 Å². The summed E-state index contributed by atoms with van der Waals surface area (Å²) < 4.78 is 1.34. The Morgan fingerprint density at radius 2 is 2.00 bits per heavy atom. The van der Waals surface area contributed by atoms with E-state index in [9.17, 15) is 14.4 Å². The number of likely N-dealkylation sites (tertiary alicyclic amines) is 1. The molecule has 1 fully saturated rings. The van der Waals surface area contributed by atoms with Crippen LogP contribution in [0, 0.1) is 6.92 Å². The second kappa shape index (κ2) is 6.20. The predicted octanol–water partition coefficient (Wildman–Crippen LogP) is 0.355. The first-order valence-electron chi connectivity index (χ1n) is 7.60. The van der Waals surface area contributed by atoms with Crippen molar-refractivity contribution in [2.75, 3.05) is 19.6 Å². The summed E-state index contributed by atoms with van der Waals surface area (Å²) in [7, 11) is 0. The highest BCUT2D eigenvalue weighted by Gasteiger charge is 2.19. The molecule has 1 N–H and O–H groups in total. The zero-order valence-electron chi connectivity index (χ0n) is 12.9. The largest absolute Gasteiger partial charge is 0.343 e. The molecule has 2 aromatic heterocycles. The number of nitrogens with zero attached hydrogens (tertiary/aromatic N) is 3. The minimum absolute atomic E-state index is 0.0673. The maximum Gasteiger partial charge on any atom is 0.270 e. The summed E-state index contributed by atoms with van der Waals surface area (Å²) in [5.74, 6) is -0.702. The van der Waals surface area contributed by atoms with Gasteiger partial charge in [-0.25, -0.2) is 4.98 Å². The lowest BCUT2D eigenvalue weighted by Crippen LogP contribution is -2.40. The second-order valence-electron chi connectivity index (χ2n) is 5.68. The third-order valence-electron chi connectivity index (χ3n) is 3.95. The van der Waals surface area contributed by atoms with Gasteiger partial charge in [0.1, 0.15) is 11.2 Å². The lowest BCUT2D eigenvalue weighted by molar-refractivity contribution is -0.129. The van der Waals surface area contributed by atoms with Crippen molar-refractivity contribution in [3.8, 4) is 0 Å². The molecule has 120 valence electrons. The average molecular weight is 314 g/mol. The molecule has 0 unspecified atom stereocenters. The number of fused-ring (bicyclic) bond motifs is 1. The van der Waals surface area contributed by atoms with E-state index in [-0.39, 0.29) is 18.0 Å². The lowest BCUT2D eigenvalue weighted by atomic mass is 10.2. The number of hydrogen-bond donors (Lipinski definition) is 1. The Morgan fingerprint density at radius 3 is 2.74 bits per heavy atom. The highest BCUT2D eigenvalue weighted by atomic mass is 16.2. The molecule has 0 aromatic carbocycles. The molecule has 0 atom stereocenters. The number of aromatic nitrogens is 2. The van der Waals surface area contributed by atoms with E-state index in [2.05, 4.69) is 10.3 Å². The van der Waals surface area contributed by atoms with E-state index >= 15 is 0 Å². The van der Waals surface area contributed by atoms with Gasteiger partial charge in [0.05, 0.1) is 6.54 Å². The molecule has 3 heterocycles. The molecule has 0 bridgehead atoms. The lowest BCUT2D eigenvalue weighted by Gasteiger charge is -2.15. The van der Waals surface area contributed by atoms with Crippen LogP contribution in [-0.2, 0) is 4.79 Å². The smallest absolute Gasteiger partial charge is 0.270 e. The van der Waals surface area contributed by atoms with Gasteiger partial charge >= 0.3 is 0 Å². The van der Waals surface area contributed by atoms with Gasteiger partial charge in [-0.15, -0.1) is 0 Å². The summed E-state index contributed by atoms with van der Waals surface area (Å²) in [4.78, 5) is 42.3. The summed E-state index contributed by atoms with van der Waals surface area (Å²) >= 11 is 0. The third-order valence-corrected chi connectivity index (χ3v) is 3.95. The topological polar surface area (TPSA) is 83.8 Å². The van der Waals surface area contributed by atoms with Crippen molar-refractivity contribution < 1.29 is 9.59 Å². The highest BCUT2D eigenvalue weighted by molar-refractivity contribution is 5.96. The molecule has 1 saturated heterocycles. The Bertz CT molecular complexity index is 822. The van der Waals surface area contributed by atoms with Crippen molar-refractivity contribution in [3.05, 3.63) is 46.0 Å². The summed E-state index contributed by atoms with van der Waals surface area (Å²) in [6.07, 6.45) is 4.88. The van der Waals surface area contributed by atoms with Gasteiger partial charge in [0.2, 0.25) is 5.91 Å². The van der Waals surface area contributed by atoms with E-state index < -0.39 is 11.5 Å². The molecule has 2 amide bonds. The number of carbonyl (C=O) groups is 2. The summed E-state index contributed by atoms with van der Waals surface area (Å²) in [6, 6.07) is 3.56. The number of aryl methyl sites for hydroxylation is 1. The third kappa shape index (κ3) is 3.08. The van der Waals surface area contributed by atoms with E-state index in [0.29, 0.717) is 5.65 Å². The van der Waals surface area contributed by atoms with Crippen LogP contribution in [0.15, 0.2) is 29.3 Å². The number of pyridine rings is 1. The molecule has 0 saturated carbocycles. The summed E-state index contributed by atoms with van der Waals surface area (Å²) in [5, 5.41) is 2.51. The molecule has 1 aliphatic heterocycles. The number of hydrogen-bond acceptors (Lipinski definition) is 4. The number of rotatable bonds is 3. The van der Waals surface area contributed by atoms with E-state index in [1.807, 2.05) is 13.0 Å². The van der Waals surface area contributed by atoms with Crippen LogP contribution in [0.3, 0.4) is 0 Å². The van der Waals surface area contributed by atoms with Crippen molar-refractivity contribution >= 4 is 17.5 Å². The maximum atomic E-state index is 12.4. The molecule has 0 radical (unpaired) electrons. The fourth-order valence-electron chi connectivity index (χ4n) is 2.67. The van der Waals surface area contributed by atoms with Crippen LogP contribution in [0.4, 0.5) is 0 Å². The molecule has 23 heavy (non-hydrogen) atoms. The van der Waals surface area contributed by atoms with E-state index in [0.717, 1.165) is 31.5 Å². The van der Waals surface area contributed by atoms with Crippen molar-refractivity contribution in [2.24, 2.45) is 0 Å². The van der Waals surface area contributed by atoms with Crippen molar-refractivity contribution in [1.82, 2.24) is 19.6 Å². The molecular formula is C16H18N4O3. The number of carbonyl (C=O) groups excluding carboxylic acids is 2. The quantitative estimate of drug-likeness (QED) is 0.886. The van der Waals surface area contributed by atoms with Gasteiger partial charge in [-0.2, -0.15) is 0 Å². The molecular weight excluding hydrogens is 296 g/mol. The van der Waals surface area contributed by atoms with Crippen molar-refractivity contribution in [3.63, 3.8) is 0 Å². The molecule has 0 aliphatic carbocycles. The Kier molecular flexibility index (Phi) is 4.10. The van der Waals surface area contributed by atoms with Gasteiger partial charge in [-0.05, 0) is 31.4 Å². The number of amides is 2. The Labute approximate surface area is 132 Å². The van der Waals surface area contributed by atoms with Gasteiger partial charge in [-0.1, -0.05) is 6.07 Å². The Morgan fingerprint density at radius 1 is 1.26 bits per heavy atom. The molecule has 7 nitrogen and oxygen atoms in total. The molecule has 7 heteroatoms. The van der Waals surface area contributed by atoms with Crippen molar-refractivity contribution in [2.45, 2.75) is 19.8 Å². The molecule has 2 aromatic rings. The van der Waals surface area contributed by atoms with Crippen LogP contribution >= 0.6 is 0 Å². The van der Waals surface area contributed by atoms with E-state index in [1.165, 1.54) is 10.6 Å². The zero-order valence-corrected chi connectivity index (χ0v) is 12.9. The van der Waals surface area contributed by atoms with Gasteiger partial charge in [0, 0.05) is 25.5 Å². The first-order valence-corrected chi connectivity index (χ1v) is 7.60. The average Bonchev–Trinajstić information content (AvgIpc) is 3.08. The molecule has 3 rings (SSSR count). The summed E-state index contributed by atoms with van der Waals surface area (Å²) in [6.45, 7) is 3.21. The maximum absolute atomic E-state index is 12.4. The summed E-state index contributed by atoms with van der Waals surface area (Å²) in [5.41, 5.74) is 0.862. The van der Waals surface area contributed by atoms with Crippen LogP contribution in [0.1, 0.15) is 28.8 Å². The number of nitrogens with one attached hydrogen (secondary N) is 1. The van der Waals surface area contributed by atoms with Crippen molar-refractivity contribution in [1.29, 1.82) is 0 Å². The predicted molar refractivity (Wildman–Crippen MR) is 84.3 cm³/mol. The molecule has 1 aliphatic rings. The van der Waals surface area contributed by atoms with Gasteiger partial charge in [0.25, 0.3) is 11.5 Å². The first-order chi connectivity index (χ1) is 11.1. The Balaban J connectivity index is 1.77. The normalized spacial score (nSPS) is 14.2. The first kappa shape index (κ1) is 15.2. The fraction of sp³-hybridized carbons (Fsp3) is 0.375. The van der Waals surface area contributed by atoms with E-state index in [1.54, 1.807) is 17.2 Å². The van der Waals surface area contributed by atoms with Gasteiger partial charge in [0.15, 0.2) is 0 Å². The van der Waals surface area contributed by atoms with Crippen LogP contribution in [0.5, 0.6) is 0 Å². The standard InChI is InChI=1S/C16H18N4O3/c1-11-4-5-13-17-8-12(16(23)20(13)10-11)15(22)18-9-14(21)19-6-2-3-7-19/h4-5,8,10H,2-3,6-7,9H2,1H3,(H,18,22). The van der Waals surface area contributed by atoms with Gasteiger partial charge in [-0.3, -0.25) is 18.8 Å². The van der Waals surface area contributed by atoms with Crippen LogP contribution in [-0.4, -0.2) is 45.7 Å². The Hall–Kier alpha value is -2.70. The van der Waals surface area contributed by atoms with Gasteiger partial charge < -0.3 is 10.2 Å². The minimum atomic E-state index is -0.578. The second-order valence-corrected chi connectivity index (χ2v) is 5.68. The highest BCUT2D eigenvalue weighted by Crippen LogP contribution is 2.07. The van der Waals surface area contributed by atoms with Crippen LogP contribution in [0.2, 0.25) is 0 Å². The fourth-order valence-corrected chi connectivity index (χ4v) is 2.67. The SMILES string of the molecule is Cc1ccc2ncc(C(=O)NCC(=O)N3CCCC3)c(=O)n2c1. The minimum Gasteiger partial charge on any atom is -0.343 e. The van der Waals surface area contributed by atoms with E-state index in [4.69, 9.17) is 0 Å². The molecule has 0 spiro atoms. The van der Waals surface area contributed by atoms with Crippen LogP contribution in [0.25, 0.3) is 5.65 Å². The zero-order chi connectivity index (χ0) is 16.4.